The van der Waals surface area contributed by atoms with E-state index in [0.717, 1.165) is 50.1 Å². The van der Waals surface area contributed by atoms with Crippen molar-refractivity contribution in [1.29, 1.82) is 0 Å². The predicted octanol–water partition coefficient (Wildman–Crippen LogP) is 6.24. The van der Waals surface area contributed by atoms with Crippen molar-refractivity contribution in [3.8, 4) is 17.1 Å². The Kier molecular flexibility index (Phi) is 3.21. The second-order valence-corrected chi connectivity index (χ2v) is 7.57. The number of rotatable bonds is 2. The van der Waals surface area contributed by atoms with Gasteiger partial charge >= 0.3 is 0 Å². The zero-order valence-electron chi connectivity index (χ0n) is 16.4. The number of benzene rings is 3. The molecule has 31 heavy (non-hydrogen) atoms. The third-order valence-electron chi connectivity index (χ3n) is 5.79. The van der Waals surface area contributed by atoms with Crippen molar-refractivity contribution in [2.45, 2.75) is 0 Å². The Hall–Kier alpha value is -4.38. The lowest BCUT2D eigenvalue weighted by Crippen LogP contribution is -1.99. The topological polar surface area (TPSA) is 48.3 Å². The van der Waals surface area contributed by atoms with Gasteiger partial charge in [-0.05, 0) is 42.5 Å². The van der Waals surface area contributed by atoms with Crippen LogP contribution in [0.4, 0.5) is 0 Å². The fourth-order valence-electron chi connectivity index (χ4n) is 4.44. The van der Waals surface area contributed by atoms with Crippen molar-refractivity contribution in [2.24, 2.45) is 0 Å². The van der Waals surface area contributed by atoms with E-state index in [1.165, 1.54) is 0 Å². The first kappa shape index (κ1) is 16.4. The number of aromatic nitrogens is 4. The summed E-state index contributed by atoms with van der Waals surface area (Å²) in [6.45, 7) is 0. The Morgan fingerprint density at radius 3 is 2.48 bits per heavy atom. The summed E-state index contributed by atoms with van der Waals surface area (Å²) in [5, 5.41) is 1.12. The van der Waals surface area contributed by atoms with Gasteiger partial charge in [0.25, 0.3) is 0 Å². The Morgan fingerprint density at radius 2 is 1.52 bits per heavy atom. The maximum Gasteiger partial charge on any atom is 0.229 e. The second kappa shape index (κ2) is 6.06. The van der Waals surface area contributed by atoms with Gasteiger partial charge in [0.2, 0.25) is 5.89 Å². The minimum atomic E-state index is 0.608. The van der Waals surface area contributed by atoms with E-state index < -0.39 is 0 Å². The zero-order valence-corrected chi connectivity index (χ0v) is 16.4. The van der Waals surface area contributed by atoms with Crippen LogP contribution in [0.15, 0.2) is 102 Å². The monoisotopic (exact) mass is 400 g/mol. The molecule has 0 amide bonds. The summed E-state index contributed by atoms with van der Waals surface area (Å²) in [5.74, 6) is 0.608. The van der Waals surface area contributed by atoms with E-state index in [2.05, 4.69) is 51.6 Å². The van der Waals surface area contributed by atoms with E-state index in [1.807, 2.05) is 54.6 Å². The highest BCUT2D eigenvalue weighted by molar-refractivity contribution is 6.07. The fourth-order valence-corrected chi connectivity index (χ4v) is 4.44. The highest BCUT2D eigenvalue weighted by Crippen LogP contribution is 2.36. The molecule has 5 heteroatoms. The number of para-hydroxylation sites is 4. The molecule has 7 rings (SSSR count). The van der Waals surface area contributed by atoms with Crippen LogP contribution in [0.25, 0.3) is 56.0 Å². The lowest BCUT2D eigenvalue weighted by atomic mass is 10.1. The fraction of sp³-hybridized carbons (Fsp3) is 0. The summed E-state index contributed by atoms with van der Waals surface area (Å²) in [6, 6.07) is 30.5. The van der Waals surface area contributed by atoms with Crippen molar-refractivity contribution < 1.29 is 4.42 Å². The van der Waals surface area contributed by atoms with Crippen LogP contribution in [0.3, 0.4) is 0 Å². The summed E-state index contributed by atoms with van der Waals surface area (Å²) >= 11 is 0. The second-order valence-electron chi connectivity index (χ2n) is 7.57. The highest BCUT2D eigenvalue weighted by Gasteiger charge is 2.21. The predicted molar refractivity (Wildman–Crippen MR) is 123 cm³/mol. The van der Waals surface area contributed by atoms with Crippen LogP contribution in [0.1, 0.15) is 0 Å². The maximum atomic E-state index is 6.14. The molecule has 0 spiro atoms. The van der Waals surface area contributed by atoms with Crippen LogP contribution in [0, 0.1) is 0 Å². The Morgan fingerprint density at radius 1 is 0.710 bits per heavy atom. The van der Waals surface area contributed by atoms with Crippen LogP contribution in [-0.4, -0.2) is 18.9 Å². The van der Waals surface area contributed by atoms with Gasteiger partial charge in [0.05, 0.1) is 16.8 Å². The third kappa shape index (κ3) is 2.25. The Labute approximate surface area is 176 Å². The smallest absolute Gasteiger partial charge is 0.229 e. The molecule has 0 aliphatic rings. The molecule has 146 valence electrons. The number of imidazole rings is 1. The molecule has 0 bridgehead atoms. The first-order valence-corrected chi connectivity index (χ1v) is 10.2. The van der Waals surface area contributed by atoms with E-state index >= 15 is 0 Å². The minimum absolute atomic E-state index is 0.608. The molecule has 4 aromatic heterocycles. The van der Waals surface area contributed by atoms with E-state index in [4.69, 9.17) is 14.4 Å². The van der Waals surface area contributed by atoms with E-state index in [9.17, 15) is 0 Å². The number of fused-ring (bicyclic) bond motifs is 6. The Balaban J connectivity index is 1.62. The summed E-state index contributed by atoms with van der Waals surface area (Å²) < 4.78 is 10.5. The van der Waals surface area contributed by atoms with Gasteiger partial charge in [-0.25, -0.2) is 9.97 Å². The standard InChI is InChI=1S/C26H16N4O/c1-4-12-20-17(9-1)24-26(29-16-8-7-15-23(29)28-24)30(20)21-13-5-2-10-18(21)25-27-19-11-3-6-14-22(19)31-25/h1-16H. The first-order valence-electron chi connectivity index (χ1n) is 10.2. The summed E-state index contributed by atoms with van der Waals surface area (Å²) in [6.07, 6.45) is 2.06. The molecule has 0 radical (unpaired) electrons. The van der Waals surface area contributed by atoms with E-state index in [-0.39, 0.29) is 0 Å². The molecule has 0 N–H and O–H groups in total. The number of pyridine rings is 1. The minimum Gasteiger partial charge on any atom is -0.436 e. The quantitative estimate of drug-likeness (QED) is 0.345. The molecule has 0 aliphatic heterocycles. The number of oxazole rings is 1. The van der Waals surface area contributed by atoms with Crippen molar-refractivity contribution in [3.63, 3.8) is 0 Å². The van der Waals surface area contributed by atoms with E-state index in [0.29, 0.717) is 5.89 Å². The van der Waals surface area contributed by atoms with Crippen molar-refractivity contribution in [3.05, 3.63) is 97.2 Å². The third-order valence-corrected chi connectivity index (χ3v) is 5.79. The summed E-state index contributed by atoms with van der Waals surface area (Å²) in [7, 11) is 0. The molecule has 5 nitrogen and oxygen atoms in total. The van der Waals surface area contributed by atoms with Gasteiger partial charge in [0.1, 0.15) is 16.7 Å². The normalized spacial score (nSPS) is 11.9. The summed E-state index contributed by atoms with van der Waals surface area (Å²) in [5.41, 5.74) is 7.61. The van der Waals surface area contributed by atoms with Crippen LogP contribution in [0.2, 0.25) is 0 Å². The van der Waals surface area contributed by atoms with E-state index in [1.54, 1.807) is 0 Å². The van der Waals surface area contributed by atoms with Crippen molar-refractivity contribution in [2.75, 3.05) is 0 Å². The number of hydrogen-bond donors (Lipinski definition) is 0. The molecule has 0 unspecified atom stereocenters. The molecule has 0 atom stereocenters. The van der Waals surface area contributed by atoms with Crippen LogP contribution < -0.4 is 0 Å². The van der Waals surface area contributed by atoms with Gasteiger partial charge in [-0.15, -0.1) is 0 Å². The summed E-state index contributed by atoms with van der Waals surface area (Å²) in [4.78, 5) is 9.69. The average Bonchev–Trinajstić information content (AvgIpc) is 3.50. The lowest BCUT2D eigenvalue weighted by molar-refractivity contribution is 0.619. The Bertz CT molecular complexity index is 1710. The molecule has 0 saturated carbocycles. The van der Waals surface area contributed by atoms with Gasteiger partial charge in [0.15, 0.2) is 11.2 Å². The van der Waals surface area contributed by atoms with Gasteiger partial charge < -0.3 is 4.42 Å². The van der Waals surface area contributed by atoms with Gasteiger partial charge in [-0.2, -0.15) is 0 Å². The zero-order chi connectivity index (χ0) is 20.4. The molecule has 0 fully saturated rings. The number of nitrogens with zero attached hydrogens (tertiary/aromatic N) is 4. The number of hydrogen-bond acceptors (Lipinski definition) is 3. The molecule has 3 aromatic carbocycles. The van der Waals surface area contributed by atoms with Crippen molar-refractivity contribution in [1.82, 2.24) is 18.9 Å². The molecule has 0 aliphatic carbocycles. The van der Waals surface area contributed by atoms with Crippen molar-refractivity contribution >= 4 is 38.8 Å². The molecular weight excluding hydrogens is 384 g/mol. The first-order chi connectivity index (χ1) is 15.4. The van der Waals surface area contributed by atoms with Crippen LogP contribution in [-0.2, 0) is 0 Å². The SMILES string of the molecule is c1ccc(-n2c3ccccc3c3nc4ccccn4c32)c(-c2nc3ccccc3o2)c1. The largest absolute Gasteiger partial charge is 0.436 e. The van der Waals surface area contributed by atoms with Gasteiger partial charge in [-0.1, -0.05) is 48.5 Å². The molecule has 0 saturated heterocycles. The molecule has 4 heterocycles. The highest BCUT2D eigenvalue weighted by atomic mass is 16.3. The molecule has 7 aromatic rings. The maximum absolute atomic E-state index is 6.14. The average molecular weight is 400 g/mol. The molecular formula is C26H16N4O. The van der Waals surface area contributed by atoms with Gasteiger partial charge in [0, 0.05) is 11.6 Å². The van der Waals surface area contributed by atoms with Crippen LogP contribution in [0.5, 0.6) is 0 Å². The lowest BCUT2D eigenvalue weighted by Gasteiger charge is -2.11. The van der Waals surface area contributed by atoms with Crippen LogP contribution >= 0.6 is 0 Å². The van der Waals surface area contributed by atoms with Gasteiger partial charge in [-0.3, -0.25) is 8.97 Å².